The molecule has 0 spiro atoms. The Labute approximate surface area is 165 Å². The molecule has 1 aromatic heterocycles. The maximum atomic E-state index is 4.98. The highest BCUT2D eigenvalue weighted by Crippen LogP contribution is 2.23. The number of aromatic nitrogens is 2. The monoisotopic (exact) mass is 378 g/mol. The minimum atomic E-state index is 0.820. The fraction of sp³-hybridized carbons (Fsp3) is 0.273. The van der Waals surface area contributed by atoms with Crippen LogP contribution in [0.15, 0.2) is 71.9 Å². The Balaban J connectivity index is 1.95. The van der Waals surface area contributed by atoms with Gasteiger partial charge in [0.05, 0.1) is 11.9 Å². The van der Waals surface area contributed by atoms with Crippen LogP contribution in [0, 0.1) is 6.92 Å². The van der Waals surface area contributed by atoms with E-state index in [1.165, 1.54) is 11.1 Å². The second kappa shape index (κ2) is 9.42. The zero-order chi connectivity index (χ0) is 19.1. The summed E-state index contributed by atoms with van der Waals surface area (Å²) in [6, 6.07) is 21.1. The van der Waals surface area contributed by atoms with Gasteiger partial charge in [0.2, 0.25) is 0 Å². The lowest BCUT2D eigenvalue weighted by Gasteiger charge is -2.26. The molecule has 3 rings (SSSR count). The fourth-order valence-corrected chi connectivity index (χ4v) is 3.65. The van der Waals surface area contributed by atoms with Gasteiger partial charge in [-0.15, -0.1) is 0 Å². The predicted molar refractivity (Wildman–Crippen MR) is 115 cm³/mol. The summed E-state index contributed by atoms with van der Waals surface area (Å²) in [4.78, 5) is 7.34. The molecule has 0 aliphatic rings. The lowest BCUT2D eigenvalue weighted by atomic mass is 10.2. The summed E-state index contributed by atoms with van der Waals surface area (Å²) in [5.41, 5.74) is 4.44. The van der Waals surface area contributed by atoms with Crippen molar-refractivity contribution >= 4 is 22.6 Å². The first kappa shape index (κ1) is 19.2. The molecule has 4 nitrogen and oxygen atoms in total. The van der Waals surface area contributed by atoms with Crippen molar-refractivity contribution in [1.29, 1.82) is 0 Å². The van der Waals surface area contributed by atoms with Crippen molar-refractivity contribution in [2.24, 2.45) is 12.0 Å². The number of thioether (sulfide) groups is 1. The van der Waals surface area contributed by atoms with Gasteiger partial charge in [0, 0.05) is 20.1 Å². The van der Waals surface area contributed by atoms with Crippen LogP contribution in [0.1, 0.15) is 23.7 Å². The molecule has 3 aromatic rings. The highest BCUT2D eigenvalue weighted by Gasteiger charge is 2.15. The fourth-order valence-electron chi connectivity index (χ4n) is 2.92. The van der Waals surface area contributed by atoms with Gasteiger partial charge in [-0.1, -0.05) is 79.3 Å². The third-order valence-electron chi connectivity index (χ3n) is 4.18. The summed E-state index contributed by atoms with van der Waals surface area (Å²) in [6.45, 7) is 5.81. The quantitative estimate of drug-likeness (QED) is 0.438. The molecule has 1 heterocycles. The zero-order valence-corrected chi connectivity index (χ0v) is 17.0. The number of amidine groups is 1. The molecule has 0 unspecified atom stereocenters. The lowest BCUT2D eigenvalue weighted by Crippen LogP contribution is -2.28. The van der Waals surface area contributed by atoms with E-state index in [9.17, 15) is 0 Å². The van der Waals surface area contributed by atoms with E-state index in [0.717, 1.165) is 35.4 Å². The topological polar surface area (TPSA) is 33.4 Å². The summed E-state index contributed by atoms with van der Waals surface area (Å²) in [5, 5.41) is 5.46. The standard InChI is InChI=1S/C22H26N4S/c1-4-27-22(23-21-17-25(3)24-18(21)2)26(15-19-11-7-5-8-12-19)16-20-13-9-6-10-14-20/h5-14,17H,4,15-16H2,1-3H3. The van der Waals surface area contributed by atoms with Crippen molar-refractivity contribution < 1.29 is 0 Å². The third-order valence-corrected chi connectivity index (χ3v) is 5.08. The molecule has 2 aromatic carbocycles. The molecular weight excluding hydrogens is 352 g/mol. The van der Waals surface area contributed by atoms with Gasteiger partial charge < -0.3 is 4.90 Å². The van der Waals surface area contributed by atoms with Crippen molar-refractivity contribution in [2.45, 2.75) is 26.9 Å². The summed E-state index contributed by atoms with van der Waals surface area (Å²) < 4.78 is 1.82. The average molecular weight is 379 g/mol. The van der Waals surface area contributed by atoms with Gasteiger partial charge in [0.25, 0.3) is 0 Å². The van der Waals surface area contributed by atoms with Crippen LogP contribution in [0.3, 0.4) is 0 Å². The maximum Gasteiger partial charge on any atom is 0.165 e. The molecule has 140 valence electrons. The third kappa shape index (κ3) is 5.47. The molecular formula is C22H26N4S. The van der Waals surface area contributed by atoms with Crippen LogP contribution in [0.25, 0.3) is 0 Å². The van der Waals surface area contributed by atoms with E-state index in [4.69, 9.17) is 4.99 Å². The average Bonchev–Trinajstić information content (AvgIpc) is 2.99. The van der Waals surface area contributed by atoms with Gasteiger partial charge in [-0.25, -0.2) is 4.99 Å². The van der Waals surface area contributed by atoms with Crippen molar-refractivity contribution in [3.8, 4) is 0 Å². The minimum absolute atomic E-state index is 0.820. The summed E-state index contributed by atoms with van der Waals surface area (Å²) in [6.07, 6.45) is 1.98. The summed E-state index contributed by atoms with van der Waals surface area (Å²) in [7, 11) is 1.93. The van der Waals surface area contributed by atoms with Crippen molar-refractivity contribution in [1.82, 2.24) is 14.7 Å². The number of nitrogens with zero attached hydrogens (tertiary/aromatic N) is 4. The van der Waals surface area contributed by atoms with Gasteiger partial charge in [-0.3, -0.25) is 4.68 Å². The molecule has 0 atom stereocenters. The molecule has 0 fully saturated rings. The van der Waals surface area contributed by atoms with E-state index < -0.39 is 0 Å². The number of rotatable bonds is 6. The first-order chi connectivity index (χ1) is 13.2. The summed E-state index contributed by atoms with van der Waals surface area (Å²) in [5.74, 6) is 0.970. The predicted octanol–water partition coefficient (Wildman–Crippen LogP) is 5.17. The molecule has 0 bridgehead atoms. The SMILES string of the molecule is CCSC(=Nc1cn(C)nc1C)N(Cc1ccccc1)Cc1ccccc1. The lowest BCUT2D eigenvalue weighted by molar-refractivity contribution is 0.415. The Bertz CT molecular complexity index is 830. The van der Waals surface area contributed by atoms with E-state index in [0.29, 0.717) is 0 Å². The molecule has 0 N–H and O–H groups in total. The van der Waals surface area contributed by atoms with Crippen LogP contribution in [0.5, 0.6) is 0 Å². The van der Waals surface area contributed by atoms with E-state index in [2.05, 4.69) is 77.6 Å². The number of hydrogen-bond acceptors (Lipinski definition) is 3. The Kier molecular flexibility index (Phi) is 6.71. The zero-order valence-electron chi connectivity index (χ0n) is 16.2. The molecule has 0 aliphatic heterocycles. The number of aryl methyl sites for hydroxylation is 2. The Morgan fingerprint density at radius 2 is 1.56 bits per heavy atom. The first-order valence-electron chi connectivity index (χ1n) is 9.20. The van der Waals surface area contributed by atoms with Crippen LogP contribution >= 0.6 is 11.8 Å². The molecule has 0 saturated heterocycles. The molecule has 0 aliphatic carbocycles. The largest absolute Gasteiger partial charge is 0.343 e. The van der Waals surface area contributed by atoms with E-state index >= 15 is 0 Å². The smallest absolute Gasteiger partial charge is 0.165 e. The van der Waals surface area contributed by atoms with Gasteiger partial charge >= 0.3 is 0 Å². The minimum Gasteiger partial charge on any atom is -0.343 e. The molecule has 0 saturated carbocycles. The normalized spacial score (nSPS) is 11.6. The van der Waals surface area contributed by atoms with Gasteiger partial charge in [0.15, 0.2) is 5.17 Å². The number of aliphatic imine (C=N–C) groups is 1. The molecule has 5 heteroatoms. The second-order valence-electron chi connectivity index (χ2n) is 6.43. The highest BCUT2D eigenvalue weighted by atomic mass is 32.2. The van der Waals surface area contributed by atoms with Gasteiger partial charge in [0.1, 0.15) is 5.69 Å². The number of benzene rings is 2. The van der Waals surface area contributed by atoms with Crippen molar-refractivity contribution in [3.05, 3.63) is 83.7 Å². The number of hydrogen-bond donors (Lipinski definition) is 0. The van der Waals surface area contributed by atoms with Crippen LogP contribution in [-0.2, 0) is 20.1 Å². The first-order valence-corrected chi connectivity index (χ1v) is 10.2. The van der Waals surface area contributed by atoms with Crippen LogP contribution < -0.4 is 0 Å². The Hall–Kier alpha value is -2.53. The molecule has 27 heavy (non-hydrogen) atoms. The Morgan fingerprint density at radius 1 is 1.00 bits per heavy atom. The maximum absolute atomic E-state index is 4.98. The summed E-state index contributed by atoms with van der Waals surface area (Å²) >= 11 is 1.77. The van der Waals surface area contributed by atoms with Crippen LogP contribution in [0.4, 0.5) is 5.69 Å². The van der Waals surface area contributed by atoms with Crippen molar-refractivity contribution in [2.75, 3.05) is 5.75 Å². The van der Waals surface area contributed by atoms with Crippen molar-refractivity contribution in [3.63, 3.8) is 0 Å². The Morgan fingerprint density at radius 3 is 2.00 bits per heavy atom. The van der Waals surface area contributed by atoms with E-state index in [1.54, 1.807) is 11.8 Å². The van der Waals surface area contributed by atoms with Crippen LogP contribution in [-0.4, -0.2) is 25.6 Å². The van der Waals surface area contributed by atoms with Gasteiger partial charge in [-0.05, 0) is 23.8 Å². The van der Waals surface area contributed by atoms with E-state index in [1.807, 2.05) is 24.9 Å². The molecule has 0 amide bonds. The second-order valence-corrected chi connectivity index (χ2v) is 7.66. The molecule has 0 radical (unpaired) electrons. The highest BCUT2D eigenvalue weighted by molar-refractivity contribution is 8.13. The van der Waals surface area contributed by atoms with Gasteiger partial charge in [-0.2, -0.15) is 5.10 Å². The van der Waals surface area contributed by atoms with Crippen LogP contribution in [0.2, 0.25) is 0 Å². The van der Waals surface area contributed by atoms with E-state index in [-0.39, 0.29) is 0 Å².